The fraction of sp³-hybridized carbons (Fsp3) is 0.364. The minimum atomic E-state index is -4.62. The number of ether oxygens (including phenoxy) is 1. The summed E-state index contributed by atoms with van der Waals surface area (Å²) in [5, 5.41) is 9.99. The van der Waals surface area contributed by atoms with E-state index in [2.05, 4.69) is 4.98 Å². The minimum Gasteiger partial charge on any atom is -0.489 e. The molecule has 31 heavy (non-hydrogen) atoms. The predicted molar refractivity (Wildman–Crippen MR) is 108 cm³/mol. The Morgan fingerprint density at radius 3 is 2.58 bits per heavy atom. The lowest BCUT2D eigenvalue weighted by molar-refractivity contribution is -0.142. The van der Waals surface area contributed by atoms with Crippen molar-refractivity contribution in [2.24, 2.45) is 5.73 Å². The zero-order valence-electron chi connectivity index (χ0n) is 17.3. The summed E-state index contributed by atoms with van der Waals surface area (Å²) in [6, 6.07) is 5.85. The number of amides is 1. The van der Waals surface area contributed by atoms with Gasteiger partial charge in [0.1, 0.15) is 23.7 Å². The van der Waals surface area contributed by atoms with Gasteiger partial charge in [-0.2, -0.15) is 13.2 Å². The van der Waals surface area contributed by atoms with E-state index in [0.29, 0.717) is 28.7 Å². The first-order valence-corrected chi connectivity index (χ1v) is 9.58. The second-order valence-electron chi connectivity index (χ2n) is 7.86. The van der Waals surface area contributed by atoms with Crippen molar-refractivity contribution in [3.8, 4) is 5.75 Å². The second-order valence-corrected chi connectivity index (χ2v) is 7.86. The molecule has 0 fully saturated rings. The van der Waals surface area contributed by atoms with Crippen molar-refractivity contribution in [2.45, 2.75) is 45.4 Å². The number of aryl methyl sites for hydroxylation is 1. The summed E-state index contributed by atoms with van der Waals surface area (Å²) in [7, 11) is 0. The van der Waals surface area contributed by atoms with Gasteiger partial charge in [0.2, 0.25) is 0 Å². The number of fused-ring (bicyclic) bond motifs is 1. The summed E-state index contributed by atoms with van der Waals surface area (Å²) in [5.74, 6) is -0.0976. The lowest BCUT2D eigenvalue weighted by Crippen LogP contribution is -2.22. The molecule has 0 aliphatic rings. The van der Waals surface area contributed by atoms with Crippen LogP contribution >= 0.6 is 0 Å². The van der Waals surface area contributed by atoms with Gasteiger partial charge in [-0.3, -0.25) is 9.78 Å². The molecule has 1 aromatic carbocycles. The summed E-state index contributed by atoms with van der Waals surface area (Å²) in [5.41, 5.74) is 4.83. The fourth-order valence-electron chi connectivity index (χ4n) is 3.75. The monoisotopic (exact) mass is 436 g/mol. The maximum atomic E-state index is 13.3. The zero-order valence-corrected chi connectivity index (χ0v) is 17.3. The zero-order chi connectivity index (χ0) is 23.0. The van der Waals surface area contributed by atoms with E-state index in [9.17, 15) is 23.1 Å². The van der Waals surface area contributed by atoms with Crippen LogP contribution in [-0.4, -0.2) is 22.6 Å². The van der Waals surface area contributed by atoms with E-state index in [-0.39, 0.29) is 30.1 Å². The number of carbonyl (C=O) groups excluding carboxylic acids is 1. The summed E-state index contributed by atoms with van der Waals surface area (Å²) in [6.45, 7) is 4.74. The van der Waals surface area contributed by atoms with Gasteiger partial charge in [0.25, 0.3) is 5.91 Å². The van der Waals surface area contributed by atoms with Crippen LogP contribution in [0.2, 0.25) is 0 Å². The molecule has 0 aliphatic carbocycles. The number of hydrogen-bond donors (Lipinski definition) is 2. The molecule has 0 atom stereocenters. The molecule has 0 radical (unpaired) electrons. The van der Waals surface area contributed by atoms with E-state index >= 15 is 0 Å². The number of aromatic nitrogens is 1. The molecular formula is C22H23F3N2O4. The molecule has 3 aromatic rings. The van der Waals surface area contributed by atoms with Crippen LogP contribution in [0.3, 0.4) is 0 Å². The van der Waals surface area contributed by atoms with Crippen LogP contribution in [0.25, 0.3) is 11.0 Å². The van der Waals surface area contributed by atoms with E-state index in [1.165, 1.54) is 12.1 Å². The molecule has 0 bridgehead atoms. The maximum absolute atomic E-state index is 13.3. The number of benzene rings is 1. The van der Waals surface area contributed by atoms with Crippen LogP contribution < -0.4 is 10.5 Å². The first kappa shape index (κ1) is 22.6. The van der Waals surface area contributed by atoms with Crippen molar-refractivity contribution in [3.05, 3.63) is 58.6 Å². The molecule has 0 unspecified atom stereocenters. The second kappa shape index (κ2) is 8.22. The molecule has 0 saturated heterocycles. The smallest absolute Gasteiger partial charge is 0.433 e. The van der Waals surface area contributed by atoms with E-state index < -0.39 is 23.2 Å². The average molecular weight is 436 g/mol. The summed E-state index contributed by atoms with van der Waals surface area (Å²) in [4.78, 5) is 15.6. The average Bonchev–Trinajstić information content (AvgIpc) is 3.01. The first-order valence-electron chi connectivity index (χ1n) is 9.58. The Morgan fingerprint density at radius 2 is 1.97 bits per heavy atom. The Labute approximate surface area is 176 Å². The highest BCUT2D eigenvalue weighted by atomic mass is 19.4. The Bertz CT molecular complexity index is 1120. The molecule has 0 saturated carbocycles. The van der Waals surface area contributed by atoms with Gasteiger partial charge in [-0.25, -0.2) is 0 Å². The van der Waals surface area contributed by atoms with Gasteiger partial charge >= 0.3 is 6.18 Å². The van der Waals surface area contributed by atoms with Crippen LogP contribution in [-0.2, 0) is 18.2 Å². The lowest BCUT2D eigenvalue weighted by Gasteiger charge is -2.28. The van der Waals surface area contributed by atoms with Crippen molar-refractivity contribution >= 4 is 16.9 Å². The van der Waals surface area contributed by atoms with Crippen LogP contribution in [0, 0.1) is 6.92 Å². The molecular weight excluding hydrogens is 413 g/mol. The van der Waals surface area contributed by atoms with Gasteiger partial charge in [0.15, 0.2) is 5.69 Å². The molecule has 2 heterocycles. The molecule has 6 nitrogen and oxygen atoms in total. The third-order valence-corrected chi connectivity index (χ3v) is 5.20. The number of nitrogens with zero attached hydrogens (tertiary/aromatic N) is 1. The van der Waals surface area contributed by atoms with Crippen molar-refractivity contribution in [2.75, 3.05) is 6.61 Å². The number of alkyl halides is 3. The molecule has 2 aromatic heterocycles. The normalized spacial score (nSPS) is 12.4. The van der Waals surface area contributed by atoms with Crippen LogP contribution in [0.5, 0.6) is 5.75 Å². The topological polar surface area (TPSA) is 98.6 Å². The Morgan fingerprint density at radius 1 is 1.26 bits per heavy atom. The van der Waals surface area contributed by atoms with Crippen LogP contribution in [0.4, 0.5) is 13.2 Å². The number of primary amides is 1. The summed E-state index contributed by atoms with van der Waals surface area (Å²) >= 11 is 0. The standard InChI is InChI=1S/C22H23F3N2O4/c1-12-16(20(26)29)17-14(31-12)6-7-15(18(17)21(2,3)8-10-28)30-11-13-5-4-9-27-19(13)22(23,24)25/h4-7,9,28H,8,10-11H2,1-3H3,(H2,26,29). The van der Waals surface area contributed by atoms with Gasteiger partial charge in [-0.1, -0.05) is 19.9 Å². The lowest BCUT2D eigenvalue weighted by atomic mass is 9.78. The maximum Gasteiger partial charge on any atom is 0.433 e. The number of aliphatic hydroxyl groups is 1. The molecule has 3 N–H and O–H groups in total. The Hall–Kier alpha value is -3.07. The number of nitrogens with two attached hydrogens (primary N) is 1. The van der Waals surface area contributed by atoms with E-state index in [1.807, 2.05) is 13.8 Å². The van der Waals surface area contributed by atoms with Crippen LogP contribution in [0.1, 0.15) is 53.2 Å². The molecule has 166 valence electrons. The molecule has 9 heteroatoms. The van der Waals surface area contributed by atoms with Gasteiger partial charge in [0.05, 0.1) is 5.56 Å². The molecule has 0 aliphatic heterocycles. The third-order valence-electron chi connectivity index (χ3n) is 5.20. The summed E-state index contributed by atoms with van der Waals surface area (Å²) in [6.07, 6.45) is -3.24. The SMILES string of the molecule is Cc1oc2ccc(OCc3cccnc3C(F)(F)F)c(C(C)(C)CCO)c2c1C(N)=O. The highest BCUT2D eigenvalue weighted by Gasteiger charge is 2.36. The number of carbonyl (C=O) groups is 1. The van der Waals surface area contributed by atoms with E-state index in [4.69, 9.17) is 14.9 Å². The van der Waals surface area contributed by atoms with Crippen LogP contribution in [0.15, 0.2) is 34.9 Å². The number of pyridine rings is 1. The minimum absolute atomic E-state index is 0.125. The van der Waals surface area contributed by atoms with Crippen molar-refractivity contribution in [3.63, 3.8) is 0 Å². The summed E-state index contributed by atoms with van der Waals surface area (Å²) < 4.78 is 51.4. The number of aliphatic hydroxyl groups excluding tert-OH is 1. The first-order chi connectivity index (χ1) is 14.5. The van der Waals surface area contributed by atoms with Crippen molar-refractivity contribution in [1.82, 2.24) is 4.98 Å². The van der Waals surface area contributed by atoms with Gasteiger partial charge in [-0.15, -0.1) is 0 Å². The Balaban J connectivity index is 2.16. The highest BCUT2D eigenvalue weighted by Crippen LogP contribution is 2.43. The quantitative estimate of drug-likeness (QED) is 0.569. The number of furan rings is 1. The predicted octanol–water partition coefficient (Wildman–Crippen LogP) is 4.49. The molecule has 0 spiro atoms. The van der Waals surface area contributed by atoms with Crippen molar-refractivity contribution in [1.29, 1.82) is 0 Å². The number of halogens is 3. The van der Waals surface area contributed by atoms with E-state index in [1.54, 1.807) is 19.1 Å². The van der Waals surface area contributed by atoms with Gasteiger partial charge in [0, 0.05) is 29.3 Å². The largest absolute Gasteiger partial charge is 0.489 e. The van der Waals surface area contributed by atoms with Gasteiger partial charge in [-0.05, 0) is 37.0 Å². The highest BCUT2D eigenvalue weighted by molar-refractivity contribution is 6.08. The number of rotatable bonds is 7. The molecule has 3 rings (SSSR count). The third kappa shape index (κ3) is 4.36. The molecule has 1 amide bonds. The Kier molecular flexibility index (Phi) is 6.00. The van der Waals surface area contributed by atoms with E-state index in [0.717, 1.165) is 6.20 Å². The number of hydrogen-bond acceptors (Lipinski definition) is 5. The fourth-order valence-corrected chi connectivity index (χ4v) is 3.75. The van der Waals surface area contributed by atoms with Gasteiger partial charge < -0.3 is 20.0 Å². The van der Waals surface area contributed by atoms with Crippen molar-refractivity contribution < 1.29 is 32.2 Å².